The first-order chi connectivity index (χ1) is 8.15. The fourth-order valence-corrected chi connectivity index (χ4v) is 1.56. The number of nitrogens with zero attached hydrogens (tertiary/aromatic N) is 1. The monoisotopic (exact) mass is 238 g/mol. The summed E-state index contributed by atoms with van der Waals surface area (Å²) < 4.78 is 1.43. The zero-order chi connectivity index (χ0) is 12.7. The Labute approximate surface area is 100 Å². The van der Waals surface area contributed by atoms with E-state index in [0.29, 0.717) is 6.54 Å². The van der Waals surface area contributed by atoms with Crippen LogP contribution < -0.4 is 5.32 Å². The van der Waals surface area contributed by atoms with Crippen molar-refractivity contribution in [1.82, 2.24) is 9.88 Å². The van der Waals surface area contributed by atoms with Gasteiger partial charge in [-0.05, 0) is 18.6 Å². The van der Waals surface area contributed by atoms with Crippen molar-refractivity contribution < 1.29 is 14.7 Å². The van der Waals surface area contributed by atoms with Crippen LogP contribution in [0, 0.1) is 0 Å². The van der Waals surface area contributed by atoms with E-state index in [9.17, 15) is 9.59 Å². The molecule has 1 rings (SSSR count). The second kappa shape index (κ2) is 6.73. The number of amides is 1. The minimum absolute atomic E-state index is 0.0563. The SMILES string of the molecule is CCCCCNC(=O)Cn1cccc1C(=O)O. The van der Waals surface area contributed by atoms with Crippen LogP contribution in [-0.4, -0.2) is 28.1 Å². The molecule has 0 radical (unpaired) electrons. The lowest BCUT2D eigenvalue weighted by atomic mass is 10.2. The Morgan fingerprint density at radius 3 is 2.82 bits per heavy atom. The molecular formula is C12H18N2O3. The van der Waals surface area contributed by atoms with Crippen molar-refractivity contribution in [3.63, 3.8) is 0 Å². The molecule has 0 aliphatic carbocycles. The number of aromatic carboxylic acids is 1. The second-order valence-electron chi connectivity index (χ2n) is 3.88. The van der Waals surface area contributed by atoms with Gasteiger partial charge in [-0.2, -0.15) is 0 Å². The van der Waals surface area contributed by atoms with Gasteiger partial charge in [0.15, 0.2) is 0 Å². The van der Waals surface area contributed by atoms with Crippen molar-refractivity contribution >= 4 is 11.9 Å². The summed E-state index contributed by atoms with van der Waals surface area (Å²) in [6.45, 7) is 2.80. The number of rotatable bonds is 7. The molecule has 1 heterocycles. The molecule has 0 atom stereocenters. The lowest BCUT2D eigenvalue weighted by Crippen LogP contribution is -2.29. The van der Waals surface area contributed by atoms with Gasteiger partial charge in [-0.3, -0.25) is 4.79 Å². The molecule has 0 fully saturated rings. The van der Waals surface area contributed by atoms with Crippen LogP contribution in [0.5, 0.6) is 0 Å². The van der Waals surface area contributed by atoms with Crippen molar-refractivity contribution in [2.45, 2.75) is 32.7 Å². The van der Waals surface area contributed by atoms with E-state index in [4.69, 9.17) is 5.11 Å². The zero-order valence-electron chi connectivity index (χ0n) is 9.98. The van der Waals surface area contributed by atoms with Crippen LogP contribution in [-0.2, 0) is 11.3 Å². The Bertz CT molecular complexity index is 385. The van der Waals surface area contributed by atoms with Gasteiger partial charge in [-0.25, -0.2) is 4.79 Å². The third kappa shape index (κ3) is 4.30. The molecule has 0 unspecified atom stereocenters. The summed E-state index contributed by atoms with van der Waals surface area (Å²) >= 11 is 0. The van der Waals surface area contributed by atoms with Gasteiger partial charge in [0.1, 0.15) is 12.2 Å². The van der Waals surface area contributed by atoms with E-state index in [0.717, 1.165) is 19.3 Å². The van der Waals surface area contributed by atoms with Crippen molar-refractivity contribution in [2.75, 3.05) is 6.54 Å². The van der Waals surface area contributed by atoms with Crippen LogP contribution in [0.3, 0.4) is 0 Å². The summed E-state index contributed by atoms with van der Waals surface area (Å²) in [7, 11) is 0. The van der Waals surface area contributed by atoms with Gasteiger partial charge < -0.3 is 15.0 Å². The highest BCUT2D eigenvalue weighted by Crippen LogP contribution is 2.01. The molecular weight excluding hydrogens is 220 g/mol. The standard InChI is InChI=1S/C12H18N2O3/c1-2-3-4-7-13-11(15)9-14-8-5-6-10(14)12(16)17/h5-6,8H,2-4,7,9H2,1H3,(H,13,15)(H,16,17). The van der Waals surface area contributed by atoms with Crippen LogP contribution in [0.1, 0.15) is 36.7 Å². The van der Waals surface area contributed by atoms with Crippen molar-refractivity contribution in [1.29, 1.82) is 0 Å². The topological polar surface area (TPSA) is 71.3 Å². The molecule has 0 aromatic carbocycles. The maximum Gasteiger partial charge on any atom is 0.352 e. The average Bonchev–Trinajstić information content (AvgIpc) is 2.72. The predicted octanol–water partition coefficient (Wildman–Crippen LogP) is 1.49. The molecule has 94 valence electrons. The minimum atomic E-state index is -1.02. The van der Waals surface area contributed by atoms with Crippen molar-refractivity contribution in [3.8, 4) is 0 Å². The Morgan fingerprint density at radius 1 is 1.41 bits per heavy atom. The number of carboxylic acids is 1. The van der Waals surface area contributed by atoms with E-state index < -0.39 is 5.97 Å². The Balaban J connectivity index is 2.40. The van der Waals surface area contributed by atoms with Gasteiger partial charge >= 0.3 is 5.97 Å². The zero-order valence-corrected chi connectivity index (χ0v) is 9.98. The molecule has 0 bridgehead atoms. The maximum absolute atomic E-state index is 11.5. The molecule has 1 aromatic rings. The average molecular weight is 238 g/mol. The Morgan fingerprint density at radius 2 is 2.18 bits per heavy atom. The quantitative estimate of drug-likeness (QED) is 0.707. The molecule has 1 aromatic heterocycles. The molecule has 5 nitrogen and oxygen atoms in total. The summed E-state index contributed by atoms with van der Waals surface area (Å²) in [5.74, 6) is -1.17. The number of hydrogen-bond donors (Lipinski definition) is 2. The molecule has 1 amide bonds. The van der Waals surface area contributed by atoms with Crippen LogP contribution >= 0.6 is 0 Å². The molecule has 5 heteroatoms. The molecule has 0 saturated heterocycles. The first-order valence-corrected chi connectivity index (χ1v) is 5.80. The first kappa shape index (κ1) is 13.3. The number of nitrogens with one attached hydrogen (secondary N) is 1. The number of carbonyl (C=O) groups is 2. The van der Waals surface area contributed by atoms with E-state index in [1.165, 1.54) is 10.6 Å². The van der Waals surface area contributed by atoms with E-state index in [1.807, 2.05) is 0 Å². The van der Waals surface area contributed by atoms with Gasteiger partial charge in [0.25, 0.3) is 0 Å². The maximum atomic E-state index is 11.5. The van der Waals surface area contributed by atoms with E-state index in [1.54, 1.807) is 12.3 Å². The fraction of sp³-hybridized carbons (Fsp3) is 0.500. The smallest absolute Gasteiger partial charge is 0.352 e. The largest absolute Gasteiger partial charge is 0.477 e. The van der Waals surface area contributed by atoms with Crippen LogP contribution in [0.25, 0.3) is 0 Å². The summed E-state index contributed by atoms with van der Waals surface area (Å²) in [5.41, 5.74) is 0.133. The molecule has 17 heavy (non-hydrogen) atoms. The van der Waals surface area contributed by atoms with E-state index in [2.05, 4.69) is 12.2 Å². The van der Waals surface area contributed by atoms with Crippen LogP contribution in [0.2, 0.25) is 0 Å². The minimum Gasteiger partial charge on any atom is -0.477 e. The number of unbranched alkanes of at least 4 members (excludes halogenated alkanes) is 2. The summed E-state index contributed by atoms with van der Waals surface area (Å²) in [5, 5.41) is 11.6. The number of carbonyl (C=O) groups excluding carboxylic acids is 1. The lowest BCUT2D eigenvalue weighted by molar-refractivity contribution is -0.121. The molecule has 0 spiro atoms. The first-order valence-electron chi connectivity index (χ1n) is 5.80. The predicted molar refractivity (Wildman–Crippen MR) is 63.9 cm³/mol. The molecule has 0 aliphatic rings. The number of carboxylic acid groups (broad SMARTS) is 1. The van der Waals surface area contributed by atoms with Gasteiger partial charge in [0.2, 0.25) is 5.91 Å². The third-order valence-electron chi connectivity index (χ3n) is 2.47. The Hall–Kier alpha value is -1.78. The highest BCUT2D eigenvalue weighted by atomic mass is 16.4. The van der Waals surface area contributed by atoms with Crippen LogP contribution in [0.4, 0.5) is 0 Å². The van der Waals surface area contributed by atoms with Gasteiger partial charge in [0.05, 0.1) is 0 Å². The fourth-order valence-electron chi connectivity index (χ4n) is 1.56. The van der Waals surface area contributed by atoms with E-state index >= 15 is 0 Å². The van der Waals surface area contributed by atoms with Gasteiger partial charge in [0, 0.05) is 12.7 Å². The van der Waals surface area contributed by atoms with Crippen LogP contribution in [0.15, 0.2) is 18.3 Å². The third-order valence-corrected chi connectivity index (χ3v) is 2.47. The number of aromatic nitrogens is 1. The highest BCUT2D eigenvalue weighted by molar-refractivity contribution is 5.86. The second-order valence-corrected chi connectivity index (χ2v) is 3.88. The van der Waals surface area contributed by atoms with Crippen molar-refractivity contribution in [3.05, 3.63) is 24.0 Å². The summed E-state index contributed by atoms with van der Waals surface area (Å²) in [4.78, 5) is 22.3. The molecule has 0 saturated carbocycles. The summed E-state index contributed by atoms with van der Waals surface area (Å²) in [6.07, 6.45) is 4.75. The lowest BCUT2D eigenvalue weighted by Gasteiger charge is -2.07. The summed E-state index contributed by atoms with van der Waals surface area (Å²) in [6, 6.07) is 3.10. The number of hydrogen-bond acceptors (Lipinski definition) is 2. The molecule has 2 N–H and O–H groups in total. The van der Waals surface area contributed by atoms with Gasteiger partial charge in [-0.1, -0.05) is 19.8 Å². The van der Waals surface area contributed by atoms with E-state index in [-0.39, 0.29) is 18.1 Å². The highest BCUT2D eigenvalue weighted by Gasteiger charge is 2.10. The normalized spacial score (nSPS) is 10.2. The molecule has 0 aliphatic heterocycles. The van der Waals surface area contributed by atoms with Crippen molar-refractivity contribution in [2.24, 2.45) is 0 Å². The van der Waals surface area contributed by atoms with Gasteiger partial charge in [-0.15, -0.1) is 0 Å². The Kier molecular flexibility index (Phi) is 5.26.